The molecule has 0 unspecified atom stereocenters. The molecule has 0 radical (unpaired) electrons. The summed E-state index contributed by atoms with van der Waals surface area (Å²) in [6.45, 7) is 10.1. The van der Waals surface area contributed by atoms with Crippen LogP contribution in [0.25, 0.3) is 0 Å². The molecule has 0 aliphatic rings. The average Bonchev–Trinajstić information content (AvgIpc) is 2.19. The zero-order valence-corrected chi connectivity index (χ0v) is 9.46. The highest BCUT2D eigenvalue weighted by molar-refractivity contribution is 5.60. The van der Waals surface area contributed by atoms with Gasteiger partial charge in [0, 0.05) is 24.3 Å². The lowest BCUT2D eigenvalue weighted by Gasteiger charge is -2.24. The highest BCUT2D eigenvalue weighted by Gasteiger charge is 2.09. The van der Waals surface area contributed by atoms with E-state index in [1.807, 2.05) is 19.9 Å². The summed E-state index contributed by atoms with van der Waals surface area (Å²) in [5, 5.41) is 9.80. The van der Waals surface area contributed by atoms with Crippen molar-refractivity contribution in [2.24, 2.45) is 0 Å². The minimum Gasteiger partial charge on any atom is -0.507 e. The number of hydrogen-bond donors (Lipinski definition) is 1. The molecule has 0 amide bonds. The summed E-state index contributed by atoms with van der Waals surface area (Å²) in [6.07, 6.45) is 0. The van der Waals surface area contributed by atoms with Crippen LogP contribution in [0.5, 0.6) is 5.75 Å². The number of anilines is 1. The number of aromatic hydroxyl groups is 1. The first kappa shape index (κ1) is 10.9. The largest absolute Gasteiger partial charge is 0.507 e. The smallest absolute Gasteiger partial charge is 0.123 e. The van der Waals surface area contributed by atoms with Crippen LogP contribution in [0.15, 0.2) is 12.1 Å². The van der Waals surface area contributed by atoms with E-state index in [0.717, 1.165) is 29.9 Å². The summed E-state index contributed by atoms with van der Waals surface area (Å²) in [5.41, 5.74) is 3.06. The van der Waals surface area contributed by atoms with Gasteiger partial charge >= 0.3 is 0 Å². The lowest BCUT2D eigenvalue weighted by atomic mass is 10.1. The molecule has 0 heterocycles. The Kier molecular flexibility index (Phi) is 3.39. The molecular weight excluding hydrogens is 174 g/mol. The summed E-state index contributed by atoms with van der Waals surface area (Å²) in [7, 11) is 0. The zero-order valence-electron chi connectivity index (χ0n) is 9.46. The first-order chi connectivity index (χ1) is 6.61. The maximum Gasteiger partial charge on any atom is 0.123 e. The van der Waals surface area contributed by atoms with Crippen molar-refractivity contribution < 1.29 is 5.11 Å². The predicted octanol–water partition coefficient (Wildman–Crippen LogP) is 2.86. The van der Waals surface area contributed by atoms with Gasteiger partial charge < -0.3 is 10.0 Å². The monoisotopic (exact) mass is 193 g/mol. The van der Waals surface area contributed by atoms with Gasteiger partial charge in [0.2, 0.25) is 0 Å². The molecule has 0 saturated carbocycles. The summed E-state index contributed by atoms with van der Waals surface area (Å²) in [5.74, 6) is 0.425. The number of rotatable bonds is 3. The number of phenolic OH excluding ortho intramolecular Hbond substituents is 1. The van der Waals surface area contributed by atoms with Gasteiger partial charge in [-0.15, -0.1) is 0 Å². The van der Waals surface area contributed by atoms with E-state index >= 15 is 0 Å². The van der Waals surface area contributed by atoms with E-state index in [4.69, 9.17) is 0 Å². The van der Waals surface area contributed by atoms with Crippen LogP contribution in [-0.2, 0) is 0 Å². The molecule has 0 aliphatic carbocycles. The second-order valence-electron chi connectivity index (χ2n) is 3.55. The van der Waals surface area contributed by atoms with Crippen LogP contribution in [0, 0.1) is 13.8 Å². The van der Waals surface area contributed by atoms with Crippen LogP contribution in [0.2, 0.25) is 0 Å². The van der Waals surface area contributed by atoms with Crippen molar-refractivity contribution in [1.29, 1.82) is 0 Å². The lowest BCUT2D eigenvalue weighted by Crippen LogP contribution is -2.22. The molecule has 0 atom stereocenters. The molecule has 0 aliphatic heterocycles. The highest BCUT2D eigenvalue weighted by atomic mass is 16.3. The van der Waals surface area contributed by atoms with Crippen LogP contribution in [0.1, 0.15) is 25.0 Å². The van der Waals surface area contributed by atoms with Gasteiger partial charge in [0.15, 0.2) is 0 Å². The van der Waals surface area contributed by atoms with Crippen molar-refractivity contribution in [3.8, 4) is 5.75 Å². The molecule has 2 heteroatoms. The molecule has 0 saturated heterocycles. The third kappa shape index (κ3) is 1.84. The van der Waals surface area contributed by atoms with Gasteiger partial charge in [-0.1, -0.05) is 6.07 Å². The van der Waals surface area contributed by atoms with Gasteiger partial charge in [-0.05, 0) is 39.3 Å². The Labute approximate surface area is 86.2 Å². The van der Waals surface area contributed by atoms with Crippen molar-refractivity contribution in [2.45, 2.75) is 27.7 Å². The van der Waals surface area contributed by atoms with Crippen LogP contribution in [-0.4, -0.2) is 18.2 Å². The van der Waals surface area contributed by atoms with Crippen LogP contribution >= 0.6 is 0 Å². The molecule has 78 valence electrons. The quantitative estimate of drug-likeness (QED) is 0.798. The lowest BCUT2D eigenvalue weighted by molar-refractivity contribution is 0.467. The van der Waals surface area contributed by atoms with Crippen LogP contribution < -0.4 is 4.90 Å². The Morgan fingerprint density at radius 2 is 1.71 bits per heavy atom. The van der Waals surface area contributed by atoms with Gasteiger partial charge in [0.1, 0.15) is 5.75 Å². The van der Waals surface area contributed by atoms with Crippen molar-refractivity contribution in [1.82, 2.24) is 0 Å². The number of benzene rings is 1. The molecule has 1 rings (SSSR count). The Hall–Kier alpha value is -1.18. The van der Waals surface area contributed by atoms with Gasteiger partial charge in [0.25, 0.3) is 0 Å². The van der Waals surface area contributed by atoms with Crippen LogP contribution in [0.4, 0.5) is 5.69 Å². The minimum absolute atomic E-state index is 0.425. The molecule has 14 heavy (non-hydrogen) atoms. The number of aryl methyl sites for hydroxylation is 1. The Morgan fingerprint density at radius 1 is 1.14 bits per heavy atom. The van der Waals surface area contributed by atoms with Gasteiger partial charge in [-0.25, -0.2) is 0 Å². The molecule has 0 bridgehead atoms. The van der Waals surface area contributed by atoms with E-state index in [-0.39, 0.29) is 0 Å². The van der Waals surface area contributed by atoms with E-state index in [1.54, 1.807) is 0 Å². The molecule has 0 fully saturated rings. The van der Waals surface area contributed by atoms with Crippen molar-refractivity contribution in [3.05, 3.63) is 23.3 Å². The van der Waals surface area contributed by atoms with E-state index < -0.39 is 0 Å². The molecule has 2 nitrogen and oxygen atoms in total. The second-order valence-corrected chi connectivity index (χ2v) is 3.55. The Balaban J connectivity index is 3.16. The Bertz CT molecular complexity index is 316. The normalized spacial score (nSPS) is 10.3. The standard InChI is InChI=1S/C12H19NO/c1-5-13(6-2)11-8-7-9(3)12(14)10(11)4/h7-8,14H,5-6H2,1-4H3. The second kappa shape index (κ2) is 4.36. The maximum atomic E-state index is 9.80. The number of hydrogen-bond acceptors (Lipinski definition) is 2. The van der Waals surface area contributed by atoms with E-state index in [0.29, 0.717) is 5.75 Å². The summed E-state index contributed by atoms with van der Waals surface area (Å²) in [6, 6.07) is 4.05. The third-order valence-electron chi connectivity index (χ3n) is 2.71. The highest BCUT2D eigenvalue weighted by Crippen LogP contribution is 2.30. The third-order valence-corrected chi connectivity index (χ3v) is 2.71. The fourth-order valence-corrected chi connectivity index (χ4v) is 1.73. The fraction of sp³-hybridized carbons (Fsp3) is 0.500. The summed E-state index contributed by atoms with van der Waals surface area (Å²) < 4.78 is 0. The zero-order chi connectivity index (χ0) is 10.7. The van der Waals surface area contributed by atoms with Gasteiger partial charge in [0.05, 0.1) is 0 Å². The molecule has 0 spiro atoms. The maximum absolute atomic E-state index is 9.80. The fourth-order valence-electron chi connectivity index (χ4n) is 1.73. The minimum atomic E-state index is 0.425. The number of nitrogens with zero attached hydrogens (tertiary/aromatic N) is 1. The average molecular weight is 193 g/mol. The SMILES string of the molecule is CCN(CC)c1ccc(C)c(O)c1C. The molecule has 1 aromatic rings. The van der Waals surface area contributed by atoms with E-state index in [2.05, 4.69) is 24.8 Å². The van der Waals surface area contributed by atoms with E-state index in [1.165, 1.54) is 0 Å². The molecule has 1 aromatic carbocycles. The van der Waals surface area contributed by atoms with Crippen molar-refractivity contribution in [3.63, 3.8) is 0 Å². The predicted molar refractivity (Wildman–Crippen MR) is 61.1 cm³/mol. The summed E-state index contributed by atoms with van der Waals surface area (Å²) >= 11 is 0. The molecule has 0 aromatic heterocycles. The van der Waals surface area contributed by atoms with E-state index in [9.17, 15) is 5.11 Å². The van der Waals surface area contributed by atoms with Gasteiger partial charge in [-0.3, -0.25) is 0 Å². The molecular formula is C12H19NO. The Morgan fingerprint density at radius 3 is 2.21 bits per heavy atom. The van der Waals surface area contributed by atoms with Crippen molar-refractivity contribution in [2.75, 3.05) is 18.0 Å². The summed E-state index contributed by atoms with van der Waals surface area (Å²) in [4.78, 5) is 2.24. The first-order valence-electron chi connectivity index (χ1n) is 5.15. The van der Waals surface area contributed by atoms with Gasteiger partial charge in [-0.2, -0.15) is 0 Å². The molecule has 1 N–H and O–H groups in total. The van der Waals surface area contributed by atoms with Crippen molar-refractivity contribution >= 4 is 5.69 Å². The van der Waals surface area contributed by atoms with Crippen LogP contribution in [0.3, 0.4) is 0 Å². The number of phenols is 1. The topological polar surface area (TPSA) is 23.5 Å². The first-order valence-corrected chi connectivity index (χ1v) is 5.15.